The van der Waals surface area contributed by atoms with Crippen molar-refractivity contribution in [2.45, 2.75) is 0 Å². The van der Waals surface area contributed by atoms with Gasteiger partial charge in [-0.2, -0.15) is 0 Å². The van der Waals surface area contributed by atoms with E-state index in [-0.39, 0.29) is 22.9 Å². The molecule has 0 aromatic carbocycles. The Morgan fingerprint density at radius 2 is 1.90 bits per heavy atom. The van der Waals surface area contributed by atoms with Gasteiger partial charge >= 0.3 is 5.97 Å². The molecule has 1 aromatic heterocycles. The molecule has 1 aromatic rings. The Balaban J connectivity index is 0.000000810. The Bertz CT molecular complexity index is 212. The monoisotopic (exact) mass is 175 g/mol. The van der Waals surface area contributed by atoms with Gasteiger partial charge < -0.3 is 5.11 Å². The molecule has 0 fully saturated rings. The van der Waals surface area contributed by atoms with Gasteiger partial charge in [0.15, 0.2) is 0 Å². The number of carbonyl (C=O) groups is 1. The van der Waals surface area contributed by atoms with Crippen molar-refractivity contribution in [2.75, 3.05) is 0 Å². The number of rotatable bonds is 1. The Labute approximate surface area is 68.8 Å². The van der Waals surface area contributed by atoms with Gasteiger partial charge in [0.05, 0.1) is 5.56 Å². The van der Waals surface area contributed by atoms with Crippen molar-refractivity contribution in [1.29, 1.82) is 0 Å². The third-order valence-corrected chi connectivity index (χ3v) is 0.927. The molecular weight excluding hydrogens is 170 g/mol. The van der Waals surface area contributed by atoms with Crippen LogP contribution < -0.4 is 0 Å². The predicted octanol–water partition coefficient (Wildman–Crippen LogP) is 0.777. The molecule has 3 nitrogen and oxygen atoms in total. The molecule has 0 atom stereocenters. The van der Waals surface area contributed by atoms with Gasteiger partial charge in [0.2, 0.25) is 0 Å². The van der Waals surface area contributed by atoms with Crippen LogP contribution in [0.1, 0.15) is 10.4 Å². The van der Waals surface area contributed by atoms with E-state index >= 15 is 0 Å². The zero-order chi connectivity index (χ0) is 6.69. The van der Waals surface area contributed by atoms with E-state index < -0.39 is 5.97 Å². The van der Waals surface area contributed by atoms with Gasteiger partial charge in [0.1, 0.15) is 0 Å². The van der Waals surface area contributed by atoms with Crippen LogP contribution in [0.4, 0.5) is 0 Å². The van der Waals surface area contributed by atoms with Gasteiger partial charge in [-0.15, -0.1) is 0 Å². The Morgan fingerprint density at radius 1 is 1.40 bits per heavy atom. The summed E-state index contributed by atoms with van der Waals surface area (Å²) < 4.78 is 0. The quantitative estimate of drug-likeness (QED) is 0.686. The molecule has 0 saturated carbocycles. The number of pyridine rings is 1. The molecule has 1 rings (SSSR count). The Hall–Kier alpha value is -0.848. The number of hydrogen-bond acceptors (Lipinski definition) is 2. The van der Waals surface area contributed by atoms with Crippen molar-refractivity contribution in [2.24, 2.45) is 0 Å². The third kappa shape index (κ3) is 2.18. The van der Waals surface area contributed by atoms with Crippen LogP contribution in [0.3, 0.4) is 0 Å². The molecule has 0 bridgehead atoms. The molecule has 0 radical (unpaired) electrons. The molecule has 0 saturated heterocycles. The van der Waals surface area contributed by atoms with E-state index in [9.17, 15) is 4.79 Å². The first-order valence-corrected chi connectivity index (χ1v) is 2.44. The van der Waals surface area contributed by atoms with Gasteiger partial charge in [-0.25, -0.2) is 4.79 Å². The first-order valence-electron chi connectivity index (χ1n) is 2.44. The van der Waals surface area contributed by atoms with Crippen LogP contribution in [0.2, 0.25) is 0 Å². The summed E-state index contributed by atoms with van der Waals surface area (Å²) in [6, 6.07) is 2.89. The average Bonchev–Trinajstić information content (AvgIpc) is 1.90. The Kier molecular flexibility index (Phi) is 3.70. The number of carboxylic acid groups (broad SMARTS) is 1. The molecule has 0 unspecified atom stereocenters. The molecule has 0 aliphatic rings. The van der Waals surface area contributed by atoms with E-state index in [1.807, 2.05) is 0 Å². The van der Waals surface area contributed by atoms with Gasteiger partial charge in [-0.1, -0.05) is 0 Å². The van der Waals surface area contributed by atoms with E-state index in [1.165, 1.54) is 24.5 Å². The van der Waals surface area contributed by atoms with Crippen LogP contribution in [0.25, 0.3) is 0 Å². The second-order valence-corrected chi connectivity index (χ2v) is 1.54. The molecule has 52 valence electrons. The van der Waals surface area contributed by atoms with Crippen LogP contribution >= 0.6 is 0 Å². The van der Waals surface area contributed by atoms with E-state index in [0.717, 1.165) is 0 Å². The van der Waals surface area contributed by atoms with Crippen molar-refractivity contribution >= 4 is 5.97 Å². The maximum Gasteiger partial charge on any atom is 0.335 e. The van der Waals surface area contributed by atoms with Crippen LogP contribution in [-0.2, 0) is 17.4 Å². The van der Waals surface area contributed by atoms with Crippen LogP contribution in [0.15, 0.2) is 24.5 Å². The molecule has 10 heavy (non-hydrogen) atoms. The second kappa shape index (κ2) is 4.05. The number of aromatic nitrogens is 1. The Morgan fingerprint density at radius 3 is 2.20 bits per heavy atom. The minimum absolute atomic E-state index is 0. The van der Waals surface area contributed by atoms with Crippen molar-refractivity contribution in [1.82, 2.24) is 4.98 Å². The van der Waals surface area contributed by atoms with Crippen LogP contribution in [0, 0.1) is 0 Å². The predicted molar refractivity (Wildman–Crippen MR) is 31.2 cm³/mol. The molecule has 0 amide bonds. The normalized spacial score (nSPS) is 8.00. The summed E-state index contributed by atoms with van der Waals surface area (Å²) in [4.78, 5) is 13.8. The van der Waals surface area contributed by atoms with E-state index in [2.05, 4.69) is 4.98 Å². The fraction of sp³-hybridized carbons (Fsp3) is 0. The molecule has 4 heteroatoms. The molecule has 0 aliphatic carbocycles. The zero-order valence-corrected chi connectivity index (χ0v) is 6.30. The van der Waals surface area contributed by atoms with Gasteiger partial charge in [0.25, 0.3) is 0 Å². The number of carboxylic acids is 1. The van der Waals surface area contributed by atoms with E-state index in [1.54, 1.807) is 0 Å². The molecule has 1 heterocycles. The minimum Gasteiger partial charge on any atom is -0.478 e. The molecule has 0 spiro atoms. The summed E-state index contributed by atoms with van der Waals surface area (Å²) in [6.07, 6.45) is 2.90. The first-order chi connectivity index (χ1) is 4.30. The van der Waals surface area contributed by atoms with Crippen LogP contribution in [0.5, 0.6) is 0 Å². The molecule has 0 aliphatic heterocycles. The summed E-state index contributed by atoms with van der Waals surface area (Å²) in [7, 11) is 0. The number of nitrogens with zero attached hydrogens (tertiary/aromatic N) is 1. The maximum atomic E-state index is 10.2. The maximum absolute atomic E-state index is 10.2. The van der Waals surface area contributed by atoms with Crippen molar-refractivity contribution in [3.05, 3.63) is 30.1 Å². The van der Waals surface area contributed by atoms with Crippen molar-refractivity contribution in [3.63, 3.8) is 0 Å². The number of hydrogen-bond donors (Lipinski definition) is 1. The largest absolute Gasteiger partial charge is 0.478 e. The topological polar surface area (TPSA) is 50.2 Å². The minimum atomic E-state index is -0.919. The summed E-state index contributed by atoms with van der Waals surface area (Å²) >= 11 is 0. The smallest absolute Gasteiger partial charge is 0.335 e. The van der Waals surface area contributed by atoms with Crippen molar-refractivity contribution < 1.29 is 27.3 Å². The fourth-order valence-electron chi connectivity index (χ4n) is 0.494. The summed E-state index contributed by atoms with van der Waals surface area (Å²) in [5, 5.41) is 8.36. The second-order valence-electron chi connectivity index (χ2n) is 1.54. The van der Waals surface area contributed by atoms with Gasteiger partial charge in [-0.3, -0.25) is 4.98 Å². The van der Waals surface area contributed by atoms with Crippen molar-refractivity contribution in [3.8, 4) is 0 Å². The third-order valence-electron chi connectivity index (χ3n) is 0.927. The van der Waals surface area contributed by atoms with Gasteiger partial charge in [-0.05, 0) is 12.1 Å². The van der Waals surface area contributed by atoms with Gasteiger partial charge in [0, 0.05) is 29.8 Å². The van der Waals surface area contributed by atoms with Crippen LogP contribution in [-0.4, -0.2) is 16.1 Å². The average molecular weight is 175 g/mol. The standard InChI is InChI=1S/C6H5NO2.Cr/c8-6(9)5-1-3-7-4-2-5;/h1-4H,(H,8,9);. The summed E-state index contributed by atoms with van der Waals surface area (Å²) in [5.41, 5.74) is 0.269. The first kappa shape index (κ1) is 9.15. The summed E-state index contributed by atoms with van der Waals surface area (Å²) in [5.74, 6) is -0.919. The zero-order valence-electron chi connectivity index (χ0n) is 5.02. The molecular formula is C6H5CrNO2. The van der Waals surface area contributed by atoms with E-state index in [0.29, 0.717) is 0 Å². The van der Waals surface area contributed by atoms with E-state index in [4.69, 9.17) is 5.11 Å². The molecule has 1 N–H and O–H groups in total. The number of aromatic carboxylic acids is 1. The fourth-order valence-corrected chi connectivity index (χ4v) is 0.494. The summed E-state index contributed by atoms with van der Waals surface area (Å²) in [6.45, 7) is 0. The SMILES string of the molecule is O=C(O)c1ccncc1.[Cr].